The molecule has 0 aromatic heterocycles. The summed E-state index contributed by atoms with van der Waals surface area (Å²) in [7, 11) is 0. The van der Waals surface area contributed by atoms with E-state index in [-0.39, 0.29) is 5.92 Å². The first-order valence-electron chi connectivity index (χ1n) is 4.71. The Morgan fingerprint density at radius 3 is 2.92 bits per heavy atom. The normalized spacial score (nSPS) is 32.9. The Morgan fingerprint density at radius 2 is 2.33 bits per heavy atom. The van der Waals surface area contributed by atoms with Crippen LogP contribution in [0, 0.1) is 5.92 Å². The van der Waals surface area contributed by atoms with Crippen molar-refractivity contribution in [2.45, 2.75) is 26.4 Å². The third-order valence-electron chi connectivity index (χ3n) is 2.55. The smallest absolute Gasteiger partial charge is 0.115 e. The third kappa shape index (κ3) is 2.59. The predicted octanol–water partition coefficient (Wildman–Crippen LogP) is 2.24. The zero-order chi connectivity index (χ0) is 8.97. The standard InChI is InChI=1S/C10H18FN/c1-3-4-6-12-7-5-9(2)10(11)8-12/h3-4,9-10H,5-8H2,1-2H3/b4-3+. The van der Waals surface area contributed by atoms with Gasteiger partial charge in [0.25, 0.3) is 0 Å². The van der Waals surface area contributed by atoms with Crippen molar-refractivity contribution in [3.05, 3.63) is 12.2 Å². The molecule has 1 nitrogen and oxygen atoms in total. The van der Waals surface area contributed by atoms with Crippen LogP contribution in [0.25, 0.3) is 0 Å². The molecule has 0 aliphatic carbocycles. The molecule has 1 aliphatic rings. The fourth-order valence-corrected chi connectivity index (χ4v) is 1.51. The minimum absolute atomic E-state index is 0.256. The second kappa shape index (κ2) is 4.61. The second-order valence-electron chi connectivity index (χ2n) is 3.61. The highest BCUT2D eigenvalue weighted by Gasteiger charge is 2.24. The number of piperidine rings is 1. The molecule has 1 fully saturated rings. The van der Waals surface area contributed by atoms with Crippen LogP contribution in [0.5, 0.6) is 0 Å². The van der Waals surface area contributed by atoms with Gasteiger partial charge >= 0.3 is 0 Å². The number of halogens is 1. The average molecular weight is 171 g/mol. The van der Waals surface area contributed by atoms with Gasteiger partial charge in [-0.1, -0.05) is 19.1 Å². The van der Waals surface area contributed by atoms with Gasteiger partial charge in [-0.2, -0.15) is 0 Å². The minimum atomic E-state index is -0.621. The van der Waals surface area contributed by atoms with Crippen LogP contribution in [0.3, 0.4) is 0 Å². The predicted molar refractivity (Wildman–Crippen MR) is 49.9 cm³/mol. The fourth-order valence-electron chi connectivity index (χ4n) is 1.51. The molecule has 2 heteroatoms. The summed E-state index contributed by atoms with van der Waals surface area (Å²) < 4.78 is 13.2. The molecule has 1 aliphatic heterocycles. The van der Waals surface area contributed by atoms with Gasteiger partial charge in [0.05, 0.1) is 0 Å². The largest absolute Gasteiger partial charge is 0.297 e. The van der Waals surface area contributed by atoms with Crippen molar-refractivity contribution < 1.29 is 4.39 Å². The van der Waals surface area contributed by atoms with Crippen LogP contribution in [-0.4, -0.2) is 30.7 Å². The number of hydrogen-bond acceptors (Lipinski definition) is 1. The first-order valence-corrected chi connectivity index (χ1v) is 4.71. The van der Waals surface area contributed by atoms with Crippen LogP contribution in [0.2, 0.25) is 0 Å². The van der Waals surface area contributed by atoms with Gasteiger partial charge in [-0.25, -0.2) is 4.39 Å². The molecule has 0 aromatic rings. The van der Waals surface area contributed by atoms with E-state index in [9.17, 15) is 4.39 Å². The van der Waals surface area contributed by atoms with Gasteiger partial charge in [-0.15, -0.1) is 0 Å². The topological polar surface area (TPSA) is 3.24 Å². The van der Waals surface area contributed by atoms with Gasteiger partial charge in [0.1, 0.15) is 6.17 Å². The highest BCUT2D eigenvalue weighted by atomic mass is 19.1. The molecule has 0 bridgehead atoms. The number of allylic oxidation sites excluding steroid dienone is 1. The van der Waals surface area contributed by atoms with E-state index in [2.05, 4.69) is 11.0 Å². The van der Waals surface area contributed by atoms with E-state index in [4.69, 9.17) is 0 Å². The molecule has 70 valence electrons. The average Bonchev–Trinajstić information content (AvgIpc) is 2.07. The molecule has 0 spiro atoms. The Bertz CT molecular complexity index is 156. The molecule has 0 N–H and O–H groups in total. The molecule has 0 saturated carbocycles. The van der Waals surface area contributed by atoms with E-state index in [1.807, 2.05) is 19.9 Å². The lowest BCUT2D eigenvalue weighted by atomic mass is 9.97. The zero-order valence-corrected chi connectivity index (χ0v) is 7.96. The van der Waals surface area contributed by atoms with Crippen LogP contribution in [-0.2, 0) is 0 Å². The van der Waals surface area contributed by atoms with Crippen LogP contribution in [0.15, 0.2) is 12.2 Å². The van der Waals surface area contributed by atoms with Crippen LogP contribution in [0.4, 0.5) is 4.39 Å². The Balaban J connectivity index is 2.30. The van der Waals surface area contributed by atoms with Crippen molar-refractivity contribution >= 4 is 0 Å². The maximum absolute atomic E-state index is 13.2. The third-order valence-corrected chi connectivity index (χ3v) is 2.55. The fraction of sp³-hybridized carbons (Fsp3) is 0.800. The molecule has 2 unspecified atom stereocenters. The highest BCUT2D eigenvalue weighted by Crippen LogP contribution is 2.19. The number of likely N-dealkylation sites (tertiary alicyclic amines) is 1. The van der Waals surface area contributed by atoms with E-state index in [1.165, 1.54) is 0 Å². The maximum atomic E-state index is 13.2. The molecule has 0 amide bonds. The minimum Gasteiger partial charge on any atom is -0.297 e. The van der Waals surface area contributed by atoms with Crippen LogP contribution >= 0.6 is 0 Å². The van der Waals surface area contributed by atoms with E-state index in [0.717, 1.165) is 19.5 Å². The summed E-state index contributed by atoms with van der Waals surface area (Å²) in [6.45, 7) is 6.57. The summed E-state index contributed by atoms with van der Waals surface area (Å²) in [4.78, 5) is 2.17. The molecular formula is C10H18FN. The summed E-state index contributed by atoms with van der Waals surface area (Å²) in [5.41, 5.74) is 0. The molecule has 0 aromatic carbocycles. The Labute approximate surface area is 74.3 Å². The zero-order valence-electron chi connectivity index (χ0n) is 7.96. The number of hydrogen-bond donors (Lipinski definition) is 0. The lowest BCUT2D eigenvalue weighted by Gasteiger charge is -2.32. The summed E-state index contributed by atoms with van der Waals surface area (Å²) in [6.07, 6.45) is 4.48. The number of nitrogens with zero attached hydrogens (tertiary/aromatic N) is 1. The van der Waals surface area contributed by atoms with Gasteiger partial charge in [0, 0.05) is 13.1 Å². The van der Waals surface area contributed by atoms with E-state index in [0.29, 0.717) is 6.54 Å². The summed E-state index contributed by atoms with van der Waals surface area (Å²) in [6, 6.07) is 0. The van der Waals surface area contributed by atoms with Gasteiger partial charge in [-0.3, -0.25) is 4.90 Å². The molecule has 12 heavy (non-hydrogen) atoms. The van der Waals surface area contributed by atoms with Crippen LogP contribution < -0.4 is 0 Å². The molecule has 0 radical (unpaired) electrons. The van der Waals surface area contributed by atoms with Gasteiger partial charge in [-0.05, 0) is 25.8 Å². The number of rotatable bonds is 2. The Kier molecular flexibility index (Phi) is 3.73. The lowest BCUT2D eigenvalue weighted by Crippen LogP contribution is -2.40. The van der Waals surface area contributed by atoms with E-state index in [1.54, 1.807) is 0 Å². The van der Waals surface area contributed by atoms with Crippen molar-refractivity contribution in [1.29, 1.82) is 0 Å². The SMILES string of the molecule is C/C=C/CN1CCC(C)C(F)C1. The van der Waals surface area contributed by atoms with Crippen molar-refractivity contribution in [3.63, 3.8) is 0 Å². The van der Waals surface area contributed by atoms with Crippen molar-refractivity contribution in [2.24, 2.45) is 5.92 Å². The molecule has 1 heterocycles. The summed E-state index contributed by atoms with van der Waals surface area (Å²) in [5, 5.41) is 0. The van der Waals surface area contributed by atoms with Gasteiger partial charge in [0.15, 0.2) is 0 Å². The molecule has 1 rings (SSSR count). The highest BCUT2D eigenvalue weighted by molar-refractivity contribution is 4.85. The Hall–Kier alpha value is -0.370. The van der Waals surface area contributed by atoms with Crippen molar-refractivity contribution in [1.82, 2.24) is 4.90 Å². The quantitative estimate of drug-likeness (QED) is 0.576. The van der Waals surface area contributed by atoms with Gasteiger partial charge in [0.2, 0.25) is 0 Å². The second-order valence-corrected chi connectivity index (χ2v) is 3.61. The van der Waals surface area contributed by atoms with Gasteiger partial charge < -0.3 is 0 Å². The molecule has 2 atom stereocenters. The summed E-state index contributed by atoms with van der Waals surface area (Å²) in [5.74, 6) is 0.256. The van der Waals surface area contributed by atoms with Crippen molar-refractivity contribution in [3.8, 4) is 0 Å². The first-order chi connectivity index (χ1) is 5.74. The first kappa shape index (κ1) is 9.72. The molecular weight excluding hydrogens is 153 g/mol. The van der Waals surface area contributed by atoms with E-state index >= 15 is 0 Å². The monoisotopic (exact) mass is 171 g/mol. The van der Waals surface area contributed by atoms with Crippen molar-refractivity contribution in [2.75, 3.05) is 19.6 Å². The molecule has 1 saturated heterocycles. The Morgan fingerprint density at radius 1 is 1.58 bits per heavy atom. The number of alkyl halides is 1. The van der Waals surface area contributed by atoms with E-state index < -0.39 is 6.17 Å². The maximum Gasteiger partial charge on any atom is 0.115 e. The van der Waals surface area contributed by atoms with Crippen LogP contribution in [0.1, 0.15) is 20.3 Å². The lowest BCUT2D eigenvalue weighted by molar-refractivity contribution is 0.102. The summed E-state index contributed by atoms with van der Waals surface area (Å²) >= 11 is 0.